The number of hydrogen-bond donors (Lipinski definition) is 2. The van der Waals surface area contributed by atoms with Gasteiger partial charge in [0, 0.05) is 11.4 Å². The minimum atomic E-state index is 0.190. The number of aliphatic hydroxyl groups excluding tert-OH is 1. The first-order valence-electron chi connectivity index (χ1n) is 5.64. The Hall–Kier alpha value is -0.450. The summed E-state index contributed by atoms with van der Waals surface area (Å²) in [5.41, 5.74) is 1.32. The average molecular weight is 226 g/mol. The zero-order valence-corrected chi connectivity index (χ0v) is 9.94. The molecule has 1 unspecified atom stereocenters. The first-order chi connectivity index (χ1) is 7.31. The molecule has 1 aliphatic rings. The van der Waals surface area contributed by atoms with Gasteiger partial charge >= 0.3 is 0 Å². The molecule has 0 radical (unpaired) electrons. The molecule has 1 aromatic heterocycles. The van der Waals surface area contributed by atoms with Crippen molar-refractivity contribution in [3.63, 3.8) is 0 Å². The number of aromatic nitrogens is 1. The Morgan fingerprint density at radius 3 is 3.00 bits per heavy atom. The quantitative estimate of drug-likeness (QED) is 0.821. The smallest absolute Gasteiger partial charge is 0.110 e. The number of fused-ring (bicyclic) bond motifs is 1. The van der Waals surface area contributed by atoms with Crippen LogP contribution < -0.4 is 5.32 Å². The molecule has 0 fully saturated rings. The molecule has 15 heavy (non-hydrogen) atoms. The topological polar surface area (TPSA) is 45.1 Å². The lowest BCUT2D eigenvalue weighted by molar-refractivity contribution is 0.286. The Balaban J connectivity index is 2.05. The fourth-order valence-electron chi connectivity index (χ4n) is 1.93. The first-order valence-corrected chi connectivity index (χ1v) is 6.45. The Kier molecular flexibility index (Phi) is 3.72. The normalized spacial score (nSPS) is 17.5. The third-order valence-electron chi connectivity index (χ3n) is 2.79. The number of hydrogen-bond acceptors (Lipinski definition) is 4. The zero-order chi connectivity index (χ0) is 10.7. The third-order valence-corrected chi connectivity index (χ3v) is 4.14. The predicted octanol–water partition coefficient (Wildman–Crippen LogP) is 1.66. The second-order valence-corrected chi connectivity index (χ2v) is 5.14. The van der Waals surface area contributed by atoms with Crippen LogP contribution in [0.15, 0.2) is 0 Å². The summed E-state index contributed by atoms with van der Waals surface area (Å²) in [6.45, 7) is 2.95. The summed E-state index contributed by atoms with van der Waals surface area (Å²) in [5.74, 6) is 0. The molecular formula is C11H18N2OS. The van der Waals surface area contributed by atoms with Crippen molar-refractivity contribution in [2.45, 2.75) is 38.6 Å². The Labute approximate surface area is 94.5 Å². The summed E-state index contributed by atoms with van der Waals surface area (Å²) in [5, 5.41) is 13.2. The van der Waals surface area contributed by atoms with Gasteiger partial charge in [0.1, 0.15) is 5.01 Å². The van der Waals surface area contributed by atoms with Gasteiger partial charge < -0.3 is 10.4 Å². The molecule has 1 atom stereocenters. The molecule has 2 N–H and O–H groups in total. The third kappa shape index (κ3) is 2.56. The number of nitrogens with zero attached hydrogens (tertiary/aromatic N) is 1. The lowest BCUT2D eigenvalue weighted by Gasteiger charge is -2.08. The van der Waals surface area contributed by atoms with Crippen LogP contribution in [0, 0.1) is 0 Å². The van der Waals surface area contributed by atoms with Gasteiger partial charge in [-0.2, -0.15) is 0 Å². The maximum Gasteiger partial charge on any atom is 0.110 e. The summed E-state index contributed by atoms with van der Waals surface area (Å²) < 4.78 is 0. The second-order valence-electron chi connectivity index (χ2n) is 4.03. The van der Waals surface area contributed by atoms with E-state index in [-0.39, 0.29) is 12.6 Å². The molecule has 0 saturated heterocycles. The Morgan fingerprint density at radius 1 is 1.47 bits per heavy atom. The van der Waals surface area contributed by atoms with E-state index in [0.717, 1.165) is 6.42 Å². The molecule has 0 amide bonds. The van der Waals surface area contributed by atoms with Crippen LogP contribution in [0.25, 0.3) is 0 Å². The lowest BCUT2D eigenvalue weighted by atomic mass is 10.0. The number of thiazole rings is 1. The minimum absolute atomic E-state index is 0.190. The van der Waals surface area contributed by atoms with Crippen molar-refractivity contribution in [1.82, 2.24) is 10.3 Å². The fraction of sp³-hybridized carbons (Fsp3) is 0.727. The van der Waals surface area contributed by atoms with E-state index in [1.165, 1.54) is 34.8 Å². The van der Waals surface area contributed by atoms with Gasteiger partial charge in [-0.25, -0.2) is 4.98 Å². The zero-order valence-electron chi connectivity index (χ0n) is 9.12. The Bertz CT molecular complexity index is 301. The molecule has 4 heteroatoms. The maximum atomic E-state index is 8.74. The van der Waals surface area contributed by atoms with Gasteiger partial charge in [-0.05, 0) is 32.6 Å². The van der Waals surface area contributed by atoms with Gasteiger partial charge in [0.25, 0.3) is 0 Å². The van der Waals surface area contributed by atoms with Gasteiger partial charge in [0.2, 0.25) is 0 Å². The van der Waals surface area contributed by atoms with Crippen molar-refractivity contribution < 1.29 is 5.11 Å². The molecular weight excluding hydrogens is 208 g/mol. The molecule has 1 aliphatic carbocycles. The molecule has 0 bridgehead atoms. The highest BCUT2D eigenvalue weighted by Crippen LogP contribution is 2.29. The van der Waals surface area contributed by atoms with Crippen molar-refractivity contribution in [1.29, 1.82) is 0 Å². The molecule has 1 heterocycles. The summed E-state index contributed by atoms with van der Waals surface area (Å²) in [6.07, 6.45) is 4.96. The number of rotatable bonds is 4. The van der Waals surface area contributed by atoms with E-state index in [4.69, 9.17) is 5.11 Å². The molecule has 2 rings (SSSR count). The van der Waals surface area contributed by atoms with Crippen molar-refractivity contribution in [3.8, 4) is 0 Å². The standard InChI is InChI=1S/C11H18N2OS/c1-8(12-6-7-14)11-13-9-4-2-3-5-10(9)15-11/h8,12,14H,2-7H2,1H3. The number of nitrogens with one attached hydrogen (secondary N) is 1. The fourth-order valence-corrected chi connectivity index (χ4v) is 3.11. The van der Waals surface area contributed by atoms with Crippen molar-refractivity contribution in [2.75, 3.05) is 13.2 Å². The van der Waals surface area contributed by atoms with Crippen LogP contribution in [0.5, 0.6) is 0 Å². The highest BCUT2D eigenvalue weighted by Gasteiger charge is 2.17. The van der Waals surface area contributed by atoms with E-state index < -0.39 is 0 Å². The van der Waals surface area contributed by atoms with Gasteiger partial charge in [0.05, 0.1) is 18.3 Å². The SMILES string of the molecule is CC(NCCO)c1nc2c(s1)CCCC2. The van der Waals surface area contributed by atoms with E-state index >= 15 is 0 Å². The minimum Gasteiger partial charge on any atom is -0.395 e. The van der Waals surface area contributed by atoms with E-state index in [1.807, 2.05) is 11.3 Å². The molecule has 0 spiro atoms. The second kappa shape index (κ2) is 5.05. The number of aliphatic hydroxyl groups is 1. The molecule has 1 aromatic rings. The molecule has 0 saturated carbocycles. The summed E-state index contributed by atoms with van der Waals surface area (Å²) in [6, 6.07) is 0.271. The monoisotopic (exact) mass is 226 g/mol. The summed E-state index contributed by atoms with van der Waals surface area (Å²) >= 11 is 1.84. The van der Waals surface area contributed by atoms with Crippen molar-refractivity contribution in [2.24, 2.45) is 0 Å². The average Bonchev–Trinajstić information content (AvgIpc) is 2.69. The van der Waals surface area contributed by atoms with Crippen LogP contribution in [-0.4, -0.2) is 23.2 Å². The Morgan fingerprint density at radius 2 is 2.27 bits per heavy atom. The predicted molar refractivity (Wildman–Crippen MR) is 62.3 cm³/mol. The summed E-state index contributed by atoms with van der Waals surface area (Å²) in [7, 11) is 0. The van der Waals surface area contributed by atoms with E-state index in [1.54, 1.807) is 0 Å². The number of aryl methyl sites for hydroxylation is 2. The van der Waals surface area contributed by atoms with Crippen LogP contribution in [0.1, 0.15) is 41.4 Å². The molecule has 0 aromatic carbocycles. The van der Waals surface area contributed by atoms with E-state index in [2.05, 4.69) is 17.2 Å². The van der Waals surface area contributed by atoms with E-state index in [9.17, 15) is 0 Å². The van der Waals surface area contributed by atoms with Gasteiger partial charge in [0.15, 0.2) is 0 Å². The van der Waals surface area contributed by atoms with Crippen LogP contribution in [0.3, 0.4) is 0 Å². The van der Waals surface area contributed by atoms with Crippen LogP contribution in [-0.2, 0) is 12.8 Å². The van der Waals surface area contributed by atoms with Crippen molar-refractivity contribution in [3.05, 3.63) is 15.6 Å². The van der Waals surface area contributed by atoms with Gasteiger partial charge in [-0.3, -0.25) is 0 Å². The van der Waals surface area contributed by atoms with Crippen LogP contribution >= 0.6 is 11.3 Å². The summed E-state index contributed by atoms with van der Waals surface area (Å²) in [4.78, 5) is 6.16. The van der Waals surface area contributed by atoms with Gasteiger partial charge in [-0.1, -0.05) is 0 Å². The lowest BCUT2D eigenvalue weighted by Crippen LogP contribution is -2.21. The van der Waals surface area contributed by atoms with E-state index in [0.29, 0.717) is 6.54 Å². The molecule has 3 nitrogen and oxygen atoms in total. The van der Waals surface area contributed by atoms with Crippen LogP contribution in [0.4, 0.5) is 0 Å². The highest BCUT2D eigenvalue weighted by molar-refractivity contribution is 7.11. The molecule has 0 aliphatic heterocycles. The van der Waals surface area contributed by atoms with Gasteiger partial charge in [-0.15, -0.1) is 11.3 Å². The highest BCUT2D eigenvalue weighted by atomic mass is 32.1. The maximum absolute atomic E-state index is 8.74. The molecule has 84 valence electrons. The van der Waals surface area contributed by atoms with Crippen LogP contribution in [0.2, 0.25) is 0 Å². The largest absolute Gasteiger partial charge is 0.395 e. The van der Waals surface area contributed by atoms with Crippen molar-refractivity contribution >= 4 is 11.3 Å². The first kappa shape index (κ1) is 11.0.